The topological polar surface area (TPSA) is 12.0 Å². The Morgan fingerprint density at radius 3 is 1.53 bits per heavy atom. The van der Waals surface area contributed by atoms with E-state index in [1.165, 1.54) is 38.2 Å². The van der Waals surface area contributed by atoms with Gasteiger partial charge in [0.15, 0.2) is 0 Å². The molecule has 0 radical (unpaired) electrons. The minimum atomic E-state index is -0.608. The van der Waals surface area contributed by atoms with Crippen molar-refractivity contribution in [3.05, 3.63) is 151 Å². The van der Waals surface area contributed by atoms with Crippen LogP contribution in [-0.2, 0) is 13.1 Å². The smallest absolute Gasteiger partial charge is 0.0208 e. The second-order valence-corrected chi connectivity index (χ2v) is 10.6. The zero-order valence-corrected chi connectivity index (χ0v) is 20.0. The van der Waals surface area contributed by atoms with Gasteiger partial charge in [-0.05, 0) is 58.2 Å². The molecule has 0 spiro atoms. The van der Waals surface area contributed by atoms with Crippen LogP contribution in [0, 0.1) is 0 Å². The van der Waals surface area contributed by atoms with Gasteiger partial charge in [0.05, 0.1) is 0 Å². The van der Waals surface area contributed by atoms with Gasteiger partial charge in [-0.1, -0.05) is 127 Å². The molecule has 0 amide bonds. The molecule has 1 nitrogen and oxygen atoms in total. The first-order chi connectivity index (χ1) is 16.9. The molecule has 34 heavy (non-hydrogen) atoms. The highest BCUT2D eigenvalue weighted by Gasteiger charge is 2.16. The van der Waals surface area contributed by atoms with E-state index >= 15 is 0 Å². The maximum Gasteiger partial charge on any atom is 0.0208 e. The Hall–Kier alpha value is -3.51. The van der Waals surface area contributed by atoms with E-state index in [0.717, 1.165) is 13.1 Å². The average Bonchev–Trinajstić information content (AvgIpc) is 2.91. The zero-order chi connectivity index (χ0) is 23.0. The van der Waals surface area contributed by atoms with E-state index in [0.29, 0.717) is 0 Å². The van der Waals surface area contributed by atoms with Crippen molar-refractivity contribution in [2.75, 3.05) is 0 Å². The van der Waals surface area contributed by atoms with E-state index in [2.05, 4.69) is 145 Å². The van der Waals surface area contributed by atoms with Crippen LogP contribution in [0.3, 0.4) is 0 Å². The van der Waals surface area contributed by atoms with Gasteiger partial charge < -0.3 is 5.32 Å². The SMILES string of the molecule is c1ccc(CNCc2cccc(-c3cccc(P(c4ccccc4)c4ccccc4)c3)c2)cc1. The van der Waals surface area contributed by atoms with Crippen molar-refractivity contribution in [3.63, 3.8) is 0 Å². The maximum atomic E-state index is 3.57. The van der Waals surface area contributed by atoms with Crippen molar-refractivity contribution in [3.8, 4) is 11.1 Å². The van der Waals surface area contributed by atoms with E-state index in [1.54, 1.807) is 0 Å². The normalized spacial score (nSPS) is 11.0. The van der Waals surface area contributed by atoms with Crippen molar-refractivity contribution in [2.45, 2.75) is 13.1 Å². The fourth-order valence-electron chi connectivity index (χ4n) is 4.23. The van der Waals surface area contributed by atoms with Crippen molar-refractivity contribution in [2.24, 2.45) is 0 Å². The van der Waals surface area contributed by atoms with E-state index in [4.69, 9.17) is 0 Å². The summed E-state index contributed by atoms with van der Waals surface area (Å²) in [5.41, 5.74) is 5.13. The molecule has 0 bridgehead atoms. The molecule has 1 N–H and O–H groups in total. The highest BCUT2D eigenvalue weighted by molar-refractivity contribution is 7.79. The molecule has 166 valence electrons. The Bertz CT molecular complexity index is 1280. The van der Waals surface area contributed by atoms with Crippen LogP contribution in [0.4, 0.5) is 0 Å². The molecular formula is C32H28NP. The summed E-state index contributed by atoms with van der Waals surface area (Å²) in [5.74, 6) is 0. The van der Waals surface area contributed by atoms with Crippen LogP contribution in [-0.4, -0.2) is 0 Å². The van der Waals surface area contributed by atoms with Crippen molar-refractivity contribution in [1.29, 1.82) is 0 Å². The molecule has 5 rings (SSSR count). The Morgan fingerprint density at radius 2 is 0.882 bits per heavy atom. The van der Waals surface area contributed by atoms with Crippen molar-refractivity contribution < 1.29 is 0 Å². The van der Waals surface area contributed by atoms with E-state index in [1.807, 2.05) is 0 Å². The lowest BCUT2D eigenvalue weighted by atomic mass is 10.0. The van der Waals surface area contributed by atoms with E-state index < -0.39 is 7.92 Å². The second-order valence-electron chi connectivity index (χ2n) is 8.35. The number of hydrogen-bond acceptors (Lipinski definition) is 1. The van der Waals surface area contributed by atoms with Gasteiger partial charge in [-0.3, -0.25) is 0 Å². The van der Waals surface area contributed by atoms with Crippen LogP contribution in [0.1, 0.15) is 11.1 Å². The van der Waals surface area contributed by atoms with Crippen LogP contribution in [0.15, 0.2) is 140 Å². The fourth-order valence-corrected chi connectivity index (χ4v) is 6.57. The second kappa shape index (κ2) is 11.1. The summed E-state index contributed by atoms with van der Waals surface area (Å²) >= 11 is 0. The van der Waals surface area contributed by atoms with Crippen LogP contribution in [0.25, 0.3) is 11.1 Å². The first-order valence-corrected chi connectivity index (χ1v) is 13.1. The summed E-state index contributed by atoms with van der Waals surface area (Å²) < 4.78 is 0. The van der Waals surface area contributed by atoms with Crippen LogP contribution in [0.5, 0.6) is 0 Å². The first-order valence-electron chi connectivity index (χ1n) is 11.7. The van der Waals surface area contributed by atoms with Crippen LogP contribution in [0.2, 0.25) is 0 Å². The van der Waals surface area contributed by atoms with E-state index in [9.17, 15) is 0 Å². The summed E-state index contributed by atoms with van der Waals surface area (Å²) in [5, 5.41) is 7.69. The minimum absolute atomic E-state index is 0.608. The molecule has 5 aromatic rings. The first kappa shape index (κ1) is 22.3. The van der Waals surface area contributed by atoms with Crippen molar-refractivity contribution >= 4 is 23.8 Å². The molecule has 0 unspecified atom stereocenters. The zero-order valence-electron chi connectivity index (χ0n) is 19.1. The fraction of sp³-hybridized carbons (Fsp3) is 0.0625. The molecular weight excluding hydrogens is 429 g/mol. The van der Waals surface area contributed by atoms with Gasteiger partial charge >= 0.3 is 0 Å². The third kappa shape index (κ3) is 5.51. The van der Waals surface area contributed by atoms with Crippen LogP contribution >= 0.6 is 7.92 Å². The molecule has 0 aromatic heterocycles. The quantitative estimate of drug-likeness (QED) is 0.266. The van der Waals surface area contributed by atoms with Gasteiger partial charge in [0, 0.05) is 13.1 Å². The predicted molar refractivity (Wildman–Crippen MR) is 148 cm³/mol. The lowest BCUT2D eigenvalue weighted by Crippen LogP contribution is -2.20. The van der Waals surface area contributed by atoms with E-state index in [-0.39, 0.29) is 0 Å². The molecule has 5 aromatic carbocycles. The number of benzene rings is 5. The van der Waals surface area contributed by atoms with Gasteiger partial charge in [0.25, 0.3) is 0 Å². The predicted octanol–water partition coefficient (Wildman–Crippen LogP) is 6.40. The Labute approximate surface area is 203 Å². The molecule has 0 atom stereocenters. The molecule has 0 fully saturated rings. The summed E-state index contributed by atoms with van der Waals surface area (Å²) in [6, 6.07) is 50.3. The number of hydrogen-bond donors (Lipinski definition) is 1. The highest BCUT2D eigenvalue weighted by Crippen LogP contribution is 2.34. The Kier molecular flexibility index (Phi) is 7.26. The summed E-state index contributed by atoms with van der Waals surface area (Å²) in [7, 11) is -0.608. The van der Waals surface area contributed by atoms with Crippen LogP contribution < -0.4 is 21.2 Å². The molecule has 0 aliphatic rings. The lowest BCUT2D eigenvalue weighted by Gasteiger charge is -2.20. The van der Waals surface area contributed by atoms with Gasteiger partial charge in [0.1, 0.15) is 0 Å². The average molecular weight is 458 g/mol. The highest BCUT2D eigenvalue weighted by atomic mass is 31.1. The summed E-state index contributed by atoms with van der Waals surface area (Å²) in [6.07, 6.45) is 0. The van der Waals surface area contributed by atoms with Gasteiger partial charge in [-0.15, -0.1) is 0 Å². The molecule has 0 aliphatic heterocycles. The molecule has 2 heteroatoms. The summed E-state index contributed by atoms with van der Waals surface area (Å²) in [6.45, 7) is 1.72. The Morgan fingerprint density at radius 1 is 0.412 bits per heavy atom. The maximum absolute atomic E-state index is 3.57. The number of nitrogens with one attached hydrogen (secondary N) is 1. The summed E-state index contributed by atoms with van der Waals surface area (Å²) in [4.78, 5) is 0. The third-order valence-corrected chi connectivity index (χ3v) is 8.32. The largest absolute Gasteiger partial charge is 0.309 e. The minimum Gasteiger partial charge on any atom is -0.309 e. The third-order valence-electron chi connectivity index (χ3n) is 5.89. The molecule has 0 saturated carbocycles. The monoisotopic (exact) mass is 457 g/mol. The number of rotatable bonds is 8. The molecule has 0 saturated heterocycles. The van der Waals surface area contributed by atoms with Crippen molar-refractivity contribution in [1.82, 2.24) is 5.32 Å². The Balaban J connectivity index is 1.40. The lowest BCUT2D eigenvalue weighted by molar-refractivity contribution is 0.693. The molecule has 0 heterocycles. The van der Waals surface area contributed by atoms with Gasteiger partial charge in [0.2, 0.25) is 0 Å². The van der Waals surface area contributed by atoms with Gasteiger partial charge in [-0.2, -0.15) is 0 Å². The molecule has 0 aliphatic carbocycles. The van der Waals surface area contributed by atoms with Gasteiger partial charge in [-0.25, -0.2) is 0 Å². The standard InChI is InChI=1S/C32H28NP/c1-4-12-26(13-5-1)24-33-25-27-14-10-15-28(22-27)29-16-11-21-32(23-29)34(30-17-6-2-7-18-30)31-19-8-3-9-20-31/h1-23,33H,24-25H2.